The summed E-state index contributed by atoms with van der Waals surface area (Å²) in [5.41, 5.74) is 1.25. The fraction of sp³-hybridized carbons (Fsp3) is 0.368. The topological polar surface area (TPSA) is 55.8 Å². The number of methoxy groups -OCH3 is 2. The fourth-order valence-electron chi connectivity index (χ4n) is 3.50. The van der Waals surface area contributed by atoms with Crippen LogP contribution in [0, 0.1) is 0 Å². The molecule has 1 aromatic carbocycles. The minimum atomic E-state index is -1.19. The van der Waals surface area contributed by atoms with E-state index in [0.29, 0.717) is 33.1 Å². The molecule has 0 spiro atoms. The lowest BCUT2D eigenvalue weighted by Gasteiger charge is -2.42. The number of carbonyl (C=O) groups is 2. The zero-order chi connectivity index (χ0) is 19.8. The van der Waals surface area contributed by atoms with Gasteiger partial charge < -0.3 is 14.4 Å². The van der Waals surface area contributed by atoms with Crippen molar-refractivity contribution in [2.24, 2.45) is 0 Å². The van der Waals surface area contributed by atoms with Gasteiger partial charge in [0.2, 0.25) is 0 Å². The number of rotatable bonds is 3. The summed E-state index contributed by atoms with van der Waals surface area (Å²) in [6, 6.07) is 5.11. The minimum Gasteiger partial charge on any atom is -0.466 e. The first kappa shape index (κ1) is 20.3. The third kappa shape index (κ3) is 2.89. The van der Waals surface area contributed by atoms with E-state index in [9.17, 15) is 9.59 Å². The van der Waals surface area contributed by atoms with Crippen LogP contribution in [0.1, 0.15) is 26.3 Å². The van der Waals surface area contributed by atoms with Gasteiger partial charge in [0.1, 0.15) is 0 Å². The zero-order valence-electron chi connectivity index (χ0n) is 15.6. The van der Waals surface area contributed by atoms with E-state index in [4.69, 9.17) is 32.7 Å². The number of hydrogen-bond donors (Lipinski definition) is 0. The maximum Gasteiger partial charge on any atom is 0.336 e. The van der Waals surface area contributed by atoms with Crippen molar-refractivity contribution >= 4 is 35.1 Å². The molecule has 0 radical (unpaired) electrons. The van der Waals surface area contributed by atoms with Gasteiger partial charge in [0.25, 0.3) is 0 Å². The number of esters is 2. The zero-order valence-corrected chi connectivity index (χ0v) is 17.1. The lowest BCUT2D eigenvalue weighted by molar-refractivity contribution is -0.138. The Morgan fingerprint density at radius 2 is 1.46 bits per heavy atom. The number of ether oxygens (including phenoxy) is 2. The number of nitrogens with zero attached hydrogens (tertiary/aromatic N) is 1. The molecule has 1 heterocycles. The molecule has 0 saturated carbocycles. The Morgan fingerprint density at radius 3 is 1.88 bits per heavy atom. The van der Waals surface area contributed by atoms with Gasteiger partial charge in [-0.1, -0.05) is 35.3 Å². The summed E-state index contributed by atoms with van der Waals surface area (Å²) in [6.07, 6.45) is 0. The predicted octanol–water partition coefficient (Wildman–Crippen LogP) is 4.09. The summed E-state index contributed by atoms with van der Waals surface area (Å²) in [5.74, 6) is -1.11. The van der Waals surface area contributed by atoms with E-state index in [1.54, 1.807) is 50.9 Å². The molecule has 0 unspecified atom stereocenters. The van der Waals surface area contributed by atoms with Crippen LogP contribution in [-0.4, -0.2) is 38.1 Å². The highest BCUT2D eigenvalue weighted by Crippen LogP contribution is 2.50. The summed E-state index contributed by atoms with van der Waals surface area (Å²) in [4.78, 5) is 27.2. The van der Waals surface area contributed by atoms with Crippen LogP contribution in [0.5, 0.6) is 0 Å². The summed E-state index contributed by atoms with van der Waals surface area (Å²) in [6.45, 7) is 5.34. The van der Waals surface area contributed by atoms with Crippen molar-refractivity contribution in [1.82, 2.24) is 4.90 Å². The molecule has 140 valence electrons. The van der Waals surface area contributed by atoms with E-state index >= 15 is 0 Å². The smallest absolute Gasteiger partial charge is 0.336 e. The van der Waals surface area contributed by atoms with Crippen LogP contribution in [0.3, 0.4) is 0 Å². The monoisotopic (exact) mass is 397 g/mol. The van der Waals surface area contributed by atoms with Crippen molar-refractivity contribution in [2.75, 3.05) is 21.3 Å². The molecule has 0 N–H and O–H groups in total. The molecule has 0 saturated heterocycles. The molecule has 2 rings (SSSR count). The highest BCUT2D eigenvalue weighted by molar-refractivity contribution is 6.42. The first-order valence-electron chi connectivity index (χ1n) is 7.90. The van der Waals surface area contributed by atoms with Crippen LogP contribution in [0.4, 0.5) is 0 Å². The first-order chi connectivity index (χ1) is 12.1. The van der Waals surface area contributed by atoms with Gasteiger partial charge >= 0.3 is 11.9 Å². The Hall–Kier alpha value is -1.98. The largest absolute Gasteiger partial charge is 0.466 e. The van der Waals surface area contributed by atoms with E-state index in [1.165, 1.54) is 14.2 Å². The van der Waals surface area contributed by atoms with Crippen molar-refractivity contribution in [2.45, 2.75) is 26.2 Å². The normalized spacial score (nSPS) is 16.7. The molecular weight excluding hydrogens is 377 g/mol. The molecule has 0 fully saturated rings. The minimum absolute atomic E-state index is 0.268. The van der Waals surface area contributed by atoms with E-state index in [1.807, 2.05) is 0 Å². The molecule has 1 aliphatic rings. The first-order valence-corrected chi connectivity index (χ1v) is 8.66. The van der Waals surface area contributed by atoms with E-state index in [0.717, 1.165) is 0 Å². The van der Waals surface area contributed by atoms with Crippen molar-refractivity contribution < 1.29 is 19.1 Å². The highest BCUT2D eigenvalue weighted by atomic mass is 35.5. The van der Waals surface area contributed by atoms with Crippen LogP contribution in [-0.2, 0) is 24.5 Å². The lowest BCUT2D eigenvalue weighted by Crippen LogP contribution is -2.44. The molecule has 0 atom stereocenters. The average molecular weight is 398 g/mol. The standard InChI is InChI=1S/C19H21Cl2NO4/c1-10-14(17(23)25-5)19(3,12-8-7-9-13(20)16(12)21)15(18(24)26-6)11(2)22(10)4/h7-9H,1-6H3. The maximum atomic E-state index is 12.7. The Morgan fingerprint density at radius 1 is 1.00 bits per heavy atom. The van der Waals surface area contributed by atoms with Crippen molar-refractivity contribution in [3.05, 3.63) is 56.3 Å². The predicted molar refractivity (Wildman–Crippen MR) is 101 cm³/mol. The number of allylic oxidation sites excluding steroid dienone is 2. The van der Waals surface area contributed by atoms with Crippen LogP contribution < -0.4 is 0 Å². The Kier molecular flexibility index (Phi) is 5.73. The van der Waals surface area contributed by atoms with Gasteiger partial charge in [-0.25, -0.2) is 9.59 Å². The second-order valence-corrected chi connectivity index (χ2v) is 6.97. The Bertz CT molecular complexity index is 802. The van der Waals surface area contributed by atoms with Gasteiger partial charge in [-0.3, -0.25) is 0 Å². The second kappa shape index (κ2) is 7.33. The molecule has 26 heavy (non-hydrogen) atoms. The van der Waals surface area contributed by atoms with Crippen LogP contribution in [0.2, 0.25) is 10.0 Å². The molecule has 7 heteroatoms. The maximum absolute atomic E-state index is 12.7. The number of halogens is 2. The lowest BCUT2D eigenvalue weighted by atomic mass is 9.67. The Labute approximate surface area is 163 Å². The number of benzene rings is 1. The number of hydrogen-bond acceptors (Lipinski definition) is 5. The SMILES string of the molecule is COC(=O)C1=C(C)N(C)C(C)=C(C(=O)OC)C1(C)c1cccc(Cl)c1Cl. The van der Waals surface area contributed by atoms with Crippen LogP contribution >= 0.6 is 23.2 Å². The molecule has 0 amide bonds. The fourth-order valence-corrected chi connectivity index (χ4v) is 3.99. The third-order valence-corrected chi connectivity index (χ3v) is 5.82. The van der Waals surface area contributed by atoms with Crippen LogP contribution in [0.25, 0.3) is 0 Å². The summed E-state index contributed by atoms with van der Waals surface area (Å²) in [7, 11) is 4.37. The van der Waals surface area contributed by atoms with E-state index < -0.39 is 17.4 Å². The molecule has 0 bridgehead atoms. The molecule has 0 aliphatic carbocycles. The molecule has 5 nitrogen and oxygen atoms in total. The quantitative estimate of drug-likeness (QED) is 0.718. The average Bonchev–Trinajstić information content (AvgIpc) is 2.61. The van der Waals surface area contributed by atoms with Gasteiger partial charge in [0.05, 0.1) is 40.8 Å². The summed E-state index contributed by atoms with van der Waals surface area (Å²) in [5, 5.41) is 0.595. The molecule has 0 aromatic heterocycles. The molecule has 1 aliphatic heterocycles. The molecule has 1 aromatic rings. The Balaban J connectivity index is 2.98. The van der Waals surface area contributed by atoms with Crippen LogP contribution in [0.15, 0.2) is 40.7 Å². The summed E-state index contributed by atoms with van der Waals surface area (Å²) < 4.78 is 10.0. The highest BCUT2D eigenvalue weighted by Gasteiger charge is 2.49. The summed E-state index contributed by atoms with van der Waals surface area (Å²) >= 11 is 12.7. The van der Waals surface area contributed by atoms with Gasteiger partial charge in [0.15, 0.2) is 0 Å². The van der Waals surface area contributed by atoms with Crippen molar-refractivity contribution in [1.29, 1.82) is 0 Å². The van der Waals surface area contributed by atoms with Gasteiger partial charge in [0, 0.05) is 18.4 Å². The van der Waals surface area contributed by atoms with Gasteiger partial charge in [-0.2, -0.15) is 0 Å². The number of carbonyl (C=O) groups excluding carboxylic acids is 2. The third-order valence-electron chi connectivity index (χ3n) is 5.00. The van der Waals surface area contributed by atoms with E-state index in [2.05, 4.69) is 0 Å². The van der Waals surface area contributed by atoms with Crippen molar-refractivity contribution in [3.8, 4) is 0 Å². The second-order valence-electron chi connectivity index (χ2n) is 6.19. The van der Waals surface area contributed by atoms with Gasteiger partial charge in [-0.05, 0) is 32.4 Å². The van der Waals surface area contributed by atoms with Gasteiger partial charge in [-0.15, -0.1) is 0 Å². The van der Waals surface area contributed by atoms with Crippen molar-refractivity contribution in [3.63, 3.8) is 0 Å². The van der Waals surface area contributed by atoms with E-state index in [-0.39, 0.29) is 5.02 Å². The molecular formula is C19H21Cl2NO4.